The van der Waals surface area contributed by atoms with E-state index in [1.54, 1.807) is 42.6 Å². The van der Waals surface area contributed by atoms with Crippen molar-refractivity contribution in [3.05, 3.63) is 71.5 Å². The van der Waals surface area contributed by atoms with Gasteiger partial charge in [0.15, 0.2) is 0 Å². The fourth-order valence-corrected chi connectivity index (χ4v) is 3.82. The average Bonchev–Trinajstić information content (AvgIpc) is 2.54. The number of hydrogen-bond acceptors (Lipinski definition) is 3. The number of hydrogen-bond donors (Lipinski definition) is 1. The van der Waals surface area contributed by atoms with Gasteiger partial charge in [0.25, 0.3) is 0 Å². The Morgan fingerprint density at radius 1 is 1.00 bits per heavy atom. The van der Waals surface area contributed by atoms with Crippen molar-refractivity contribution in [3.8, 4) is 0 Å². The van der Waals surface area contributed by atoms with Gasteiger partial charge in [-0.2, -0.15) is 0 Å². The Labute approximate surface area is 133 Å². The predicted molar refractivity (Wildman–Crippen MR) is 87.2 cm³/mol. The zero-order chi connectivity index (χ0) is 15.6. The van der Waals surface area contributed by atoms with Crippen molar-refractivity contribution < 1.29 is 8.42 Å². The molecule has 0 saturated heterocycles. The summed E-state index contributed by atoms with van der Waals surface area (Å²) in [5.41, 5.74) is 0.650. The highest BCUT2D eigenvalue weighted by Gasteiger charge is 2.18. The lowest BCUT2D eigenvalue weighted by atomic mass is 10.1. The largest absolute Gasteiger partial charge is 0.260 e. The summed E-state index contributed by atoms with van der Waals surface area (Å²) in [7, 11) is -3.68. The first kappa shape index (κ1) is 15.0. The molecule has 3 aromatic rings. The summed E-state index contributed by atoms with van der Waals surface area (Å²) in [6.07, 6.45) is 1.62. The van der Waals surface area contributed by atoms with Gasteiger partial charge in [0.1, 0.15) is 0 Å². The van der Waals surface area contributed by atoms with Crippen LogP contribution in [0.3, 0.4) is 0 Å². The second-order valence-corrected chi connectivity index (χ2v) is 6.88. The van der Waals surface area contributed by atoms with Crippen LogP contribution in [-0.2, 0) is 16.6 Å². The van der Waals surface area contributed by atoms with Crippen LogP contribution in [0.2, 0.25) is 5.02 Å². The summed E-state index contributed by atoms with van der Waals surface area (Å²) in [5, 5.41) is 1.73. The van der Waals surface area contributed by atoms with Crippen molar-refractivity contribution in [2.75, 3.05) is 0 Å². The topological polar surface area (TPSA) is 59.1 Å². The van der Waals surface area contributed by atoms with Gasteiger partial charge in [-0.15, -0.1) is 0 Å². The van der Waals surface area contributed by atoms with Gasteiger partial charge in [-0.1, -0.05) is 41.9 Å². The molecule has 0 aliphatic carbocycles. The minimum atomic E-state index is -3.68. The first-order chi connectivity index (χ1) is 10.6. The number of fused-ring (bicyclic) bond motifs is 1. The van der Waals surface area contributed by atoms with Crippen molar-refractivity contribution in [1.82, 2.24) is 9.71 Å². The molecular weight excluding hydrogens is 320 g/mol. The summed E-state index contributed by atoms with van der Waals surface area (Å²) in [5.74, 6) is 0. The van der Waals surface area contributed by atoms with Crippen molar-refractivity contribution in [2.45, 2.75) is 11.4 Å². The molecule has 1 N–H and O–H groups in total. The van der Waals surface area contributed by atoms with Gasteiger partial charge < -0.3 is 0 Å². The molecule has 0 spiro atoms. The van der Waals surface area contributed by atoms with Crippen molar-refractivity contribution in [1.29, 1.82) is 0 Å². The van der Waals surface area contributed by atoms with Crippen LogP contribution in [0.5, 0.6) is 0 Å². The number of rotatable bonds is 4. The van der Waals surface area contributed by atoms with Crippen LogP contribution in [0.25, 0.3) is 10.8 Å². The Morgan fingerprint density at radius 2 is 1.77 bits per heavy atom. The van der Waals surface area contributed by atoms with Gasteiger partial charge in [0, 0.05) is 16.6 Å². The average molecular weight is 333 g/mol. The number of sulfonamides is 1. The van der Waals surface area contributed by atoms with E-state index in [2.05, 4.69) is 9.71 Å². The summed E-state index contributed by atoms with van der Waals surface area (Å²) in [6, 6.07) is 15.7. The molecule has 6 heteroatoms. The normalized spacial score (nSPS) is 11.7. The van der Waals surface area contributed by atoms with Gasteiger partial charge >= 0.3 is 0 Å². The Kier molecular flexibility index (Phi) is 4.11. The van der Waals surface area contributed by atoms with E-state index in [-0.39, 0.29) is 11.4 Å². The fourth-order valence-electron chi connectivity index (χ4n) is 2.24. The third-order valence-corrected chi connectivity index (χ3v) is 5.03. The lowest BCUT2D eigenvalue weighted by Gasteiger charge is -2.10. The maximum absolute atomic E-state index is 12.6. The third kappa shape index (κ3) is 2.97. The van der Waals surface area contributed by atoms with Crippen molar-refractivity contribution in [3.63, 3.8) is 0 Å². The molecule has 112 valence electrons. The highest BCUT2D eigenvalue weighted by Crippen LogP contribution is 2.29. The van der Waals surface area contributed by atoms with E-state index < -0.39 is 10.0 Å². The zero-order valence-corrected chi connectivity index (χ0v) is 13.1. The molecular formula is C16H13ClN2O2S. The summed E-state index contributed by atoms with van der Waals surface area (Å²) in [6.45, 7) is 0.129. The Morgan fingerprint density at radius 3 is 2.50 bits per heavy atom. The van der Waals surface area contributed by atoms with E-state index in [1.807, 2.05) is 18.2 Å². The van der Waals surface area contributed by atoms with Gasteiger partial charge in [0.2, 0.25) is 10.0 Å². The number of aromatic nitrogens is 1. The van der Waals surface area contributed by atoms with Crippen LogP contribution in [0, 0.1) is 0 Å². The number of halogens is 1. The number of benzene rings is 2. The quantitative estimate of drug-likeness (QED) is 0.797. The lowest BCUT2D eigenvalue weighted by Crippen LogP contribution is -2.24. The van der Waals surface area contributed by atoms with Crippen LogP contribution >= 0.6 is 11.6 Å². The standard InChI is InChI=1S/C16H13ClN2O2S/c17-14-8-3-5-12-6-4-9-15(16(12)14)22(20,21)19-11-13-7-1-2-10-18-13/h1-10,19H,11H2. The number of nitrogens with one attached hydrogen (secondary N) is 1. The second-order valence-electron chi connectivity index (χ2n) is 4.74. The predicted octanol–water partition coefficient (Wildman–Crippen LogP) is 3.37. The molecule has 3 rings (SSSR count). The van der Waals surface area contributed by atoms with Crippen LogP contribution in [-0.4, -0.2) is 13.4 Å². The second kappa shape index (κ2) is 6.04. The van der Waals surface area contributed by atoms with E-state index in [0.717, 1.165) is 5.39 Å². The highest BCUT2D eigenvalue weighted by molar-refractivity contribution is 7.89. The Hall–Kier alpha value is -1.95. The molecule has 0 saturated carbocycles. The fraction of sp³-hybridized carbons (Fsp3) is 0.0625. The van der Waals surface area contributed by atoms with Crippen LogP contribution in [0.1, 0.15) is 5.69 Å². The molecule has 0 aliphatic heterocycles. The zero-order valence-electron chi connectivity index (χ0n) is 11.5. The van der Waals surface area contributed by atoms with Crippen molar-refractivity contribution in [2.24, 2.45) is 0 Å². The highest BCUT2D eigenvalue weighted by atomic mass is 35.5. The molecule has 2 aromatic carbocycles. The molecule has 0 radical (unpaired) electrons. The van der Waals surface area contributed by atoms with Crippen LogP contribution in [0.15, 0.2) is 65.7 Å². The Balaban J connectivity index is 1.99. The maximum atomic E-state index is 12.6. The monoisotopic (exact) mass is 332 g/mol. The SMILES string of the molecule is O=S(=O)(NCc1ccccn1)c1cccc2cccc(Cl)c12. The first-order valence-electron chi connectivity index (χ1n) is 6.65. The molecule has 4 nitrogen and oxygen atoms in total. The van der Waals surface area contributed by atoms with E-state index in [0.29, 0.717) is 16.1 Å². The van der Waals surface area contributed by atoms with Gasteiger partial charge in [-0.25, -0.2) is 13.1 Å². The molecule has 0 aliphatic rings. The summed E-state index contributed by atoms with van der Waals surface area (Å²) >= 11 is 6.18. The molecule has 0 atom stereocenters. The number of pyridine rings is 1. The summed E-state index contributed by atoms with van der Waals surface area (Å²) < 4.78 is 27.7. The van der Waals surface area contributed by atoms with Gasteiger partial charge in [-0.3, -0.25) is 4.98 Å². The molecule has 0 bridgehead atoms. The minimum Gasteiger partial charge on any atom is -0.260 e. The molecule has 1 heterocycles. The van der Waals surface area contributed by atoms with Crippen LogP contribution < -0.4 is 4.72 Å². The van der Waals surface area contributed by atoms with Crippen molar-refractivity contribution >= 4 is 32.4 Å². The third-order valence-electron chi connectivity index (χ3n) is 3.27. The maximum Gasteiger partial charge on any atom is 0.241 e. The smallest absolute Gasteiger partial charge is 0.241 e. The number of nitrogens with zero attached hydrogens (tertiary/aromatic N) is 1. The Bertz CT molecular complexity index is 907. The minimum absolute atomic E-state index is 0.129. The molecule has 1 aromatic heterocycles. The van der Waals surface area contributed by atoms with Crippen LogP contribution in [0.4, 0.5) is 0 Å². The van der Waals surface area contributed by atoms with Gasteiger partial charge in [0.05, 0.1) is 17.1 Å². The van der Waals surface area contributed by atoms with E-state index in [9.17, 15) is 8.42 Å². The van der Waals surface area contributed by atoms with E-state index in [1.165, 1.54) is 0 Å². The van der Waals surface area contributed by atoms with E-state index >= 15 is 0 Å². The summed E-state index contributed by atoms with van der Waals surface area (Å²) in [4.78, 5) is 4.28. The van der Waals surface area contributed by atoms with Gasteiger partial charge in [-0.05, 0) is 29.7 Å². The molecule has 22 heavy (non-hydrogen) atoms. The molecule has 0 amide bonds. The lowest BCUT2D eigenvalue weighted by molar-refractivity contribution is 0.581. The van der Waals surface area contributed by atoms with E-state index in [4.69, 9.17) is 11.6 Å². The molecule has 0 unspecified atom stereocenters. The first-order valence-corrected chi connectivity index (χ1v) is 8.51. The molecule has 0 fully saturated rings.